The highest BCUT2D eigenvalue weighted by molar-refractivity contribution is 5.64. The molecule has 0 amide bonds. The van der Waals surface area contributed by atoms with Gasteiger partial charge in [-0.3, -0.25) is 0 Å². The minimum Gasteiger partial charge on any atom is -0.203 e. The number of halogens is 2. The molecule has 0 spiro atoms. The number of hydrogen-bond donors (Lipinski definition) is 0. The van der Waals surface area contributed by atoms with Gasteiger partial charge in [-0.15, -0.1) is 0 Å². The summed E-state index contributed by atoms with van der Waals surface area (Å²) < 4.78 is 29.4. The molecule has 0 saturated heterocycles. The second kappa shape index (κ2) is 8.26. The van der Waals surface area contributed by atoms with E-state index in [1.807, 2.05) is 30.3 Å². The molecular formula is C26H26F2. The highest BCUT2D eigenvalue weighted by atomic mass is 19.2. The monoisotopic (exact) mass is 376 g/mol. The highest BCUT2D eigenvalue weighted by Gasteiger charge is 2.22. The lowest BCUT2D eigenvalue weighted by atomic mass is 9.83. The van der Waals surface area contributed by atoms with Crippen molar-refractivity contribution in [3.05, 3.63) is 94.6 Å². The van der Waals surface area contributed by atoms with Crippen molar-refractivity contribution in [3.8, 4) is 11.1 Å². The van der Waals surface area contributed by atoms with Crippen molar-refractivity contribution in [3.63, 3.8) is 0 Å². The van der Waals surface area contributed by atoms with Gasteiger partial charge in [-0.25, -0.2) is 8.78 Å². The zero-order chi connectivity index (χ0) is 19.5. The predicted molar refractivity (Wildman–Crippen MR) is 112 cm³/mol. The molecule has 0 aliphatic heterocycles. The molecule has 0 unspecified atom stereocenters. The van der Waals surface area contributed by atoms with Crippen LogP contribution in [0.3, 0.4) is 0 Å². The van der Waals surface area contributed by atoms with E-state index in [9.17, 15) is 8.78 Å². The quantitative estimate of drug-likeness (QED) is 0.440. The summed E-state index contributed by atoms with van der Waals surface area (Å²) in [5.74, 6) is -1.14. The van der Waals surface area contributed by atoms with E-state index in [0.29, 0.717) is 17.5 Å². The fraction of sp³-hybridized carbons (Fsp3) is 0.308. The van der Waals surface area contributed by atoms with Gasteiger partial charge in [-0.1, -0.05) is 85.5 Å². The van der Waals surface area contributed by atoms with E-state index in [2.05, 4.69) is 31.2 Å². The molecule has 1 aliphatic carbocycles. The van der Waals surface area contributed by atoms with Crippen molar-refractivity contribution >= 4 is 0 Å². The molecule has 0 N–H and O–H groups in total. The van der Waals surface area contributed by atoms with Gasteiger partial charge in [0.1, 0.15) is 0 Å². The Balaban J connectivity index is 1.52. The first kappa shape index (κ1) is 18.9. The molecular weight excluding hydrogens is 350 g/mol. The largest absolute Gasteiger partial charge is 0.203 e. The molecule has 3 aromatic rings. The Morgan fingerprint density at radius 2 is 1.32 bits per heavy atom. The van der Waals surface area contributed by atoms with Crippen LogP contribution in [-0.2, 0) is 6.42 Å². The molecule has 1 aliphatic rings. The standard InChI is InChI=1S/C26H26F2/c1-18-7-11-20(12-8-18)21-13-9-19(10-14-21)17-23-15-16-24(26(28)25(23)27)22-5-3-2-4-6-22/h7-16,22H,2-6,17H2,1H3. The van der Waals surface area contributed by atoms with Crippen LogP contribution in [0, 0.1) is 18.6 Å². The Kier molecular flexibility index (Phi) is 5.57. The normalized spacial score (nSPS) is 15.0. The van der Waals surface area contributed by atoms with Gasteiger partial charge in [0.05, 0.1) is 0 Å². The van der Waals surface area contributed by atoms with E-state index in [4.69, 9.17) is 0 Å². The highest BCUT2D eigenvalue weighted by Crippen LogP contribution is 2.35. The van der Waals surface area contributed by atoms with Gasteiger partial charge in [0.25, 0.3) is 0 Å². The summed E-state index contributed by atoms with van der Waals surface area (Å²) in [4.78, 5) is 0. The van der Waals surface area contributed by atoms with Gasteiger partial charge in [0.2, 0.25) is 0 Å². The van der Waals surface area contributed by atoms with Gasteiger partial charge < -0.3 is 0 Å². The first-order chi connectivity index (χ1) is 13.6. The van der Waals surface area contributed by atoms with Crippen molar-refractivity contribution in [1.82, 2.24) is 0 Å². The average Bonchev–Trinajstić information content (AvgIpc) is 2.73. The third-order valence-corrected chi connectivity index (χ3v) is 5.97. The van der Waals surface area contributed by atoms with Gasteiger partial charge in [0, 0.05) is 6.42 Å². The van der Waals surface area contributed by atoms with Crippen LogP contribution < -0.4 is 0 Å². The van der Waals surface area contributed by atoms with Gasteiger partial charge in [0.15, 0.2) is 11.6 Å². The fourth-order valence-corrected chi connectivity index (χ4v) is 4.25. The summed E-state index contributed by atoms with van der Waals surface area (Å²) in [5, 5.41) is 0. The molecule has 0 heterocycles. The minimum absolute atomic E-state index is 0.172. The summed E-state index contributed by atoms with van der Waals surface area (Å²) >= 11 is 0. The second-order valence-corrected chi connectivity index (χ2v) is 8.02. The van der Waals surface area contributed by atoms with Crippen LogP contribution in [0.25, 0.3) is 11.1 Å². The first-order valence-electron chi connectivity index (χ1n) is 10.2. The van der Waals surface area contributed by atoms with Crippen molar-refractivity contribution in [2.45, 2.75) is 51.4 Å². The van der Waals surface area contributed by atoms with Gasteiger partial charge in [-0.2, -0.15) is 0 Å². The maximum absolute atomic E-state index is 14.7. The average molecular weight is 376 g/mol. The number of hydrogen-bond acceptors (Lipinski definition) is 0. The molecule has 0 radical (unpaired) electrons. The Labute approximate surface area is 166 Å². The summed E-state index contributed by atoms with van der Waals surface area (Å²) in [6.07, 6.45) is 5.77. The fourth-order valence-electron chi connectivity index (χ4n) is 4.25. The Bertz CT molecular complexity index is 933. The van der Waals surface area contributed by atoms with E-state index in [-0.39, 0.29) is 5.92 Å². The van der Waals surface area contributed by atoms with Crippen molar-refractivity contribution < 1.29 is 8.78 Å². The zero-order valence-corrected chi connectivity index (χ0v) is 16.3. The van der Waals surface area contributed by atoms with Crippen LogP contribution in [0.1, 0.15) is 60.3 Å². The molecule has 1 saturated carbocycles. The molecule has 144 valence electrons. The first-order valence-corrected chi connectivity index (χ1v) is 10.2. The van der Waals surface area contributed by atoms with E-state index in [1.54, 1.807) is 6.07 Å². The van der Waals surface area contributed by atoms with E-state index in [0.717, 1.165) is 42.4 Å². The van der Waals surface area contributed by atoms with Gasteiger partial charge in [-0.05, 0) is 53.5 Å². The third kappa shape index (κ3) is 4.01. The van der Waals surface area contributed by atoms with E-state index >= 15 is 0 Å². The third-order valence-electron chi connectivity index (χ3n) is 5.97. The van der Waals surface area contributed by atoms with Crippen LogP contribution in [0.15, 0.2) is 60.7 Å². The van der Waals surface area contributed by atoms with Crippen molar-refractivity contribution in [1.29, 1.82) is 0 Å². The molecule has 28 heavy (non-hydrogen) atoms. The van der Waals surface area contributed by atoms with Crippen LogP contribution in [0.5, 0.6) is 0 Å². The molecule has 4 rings (SSSR count). The maximum Gasteiger partial charge on any atom is 0.162 e. The minimum atomic E-state index is -0.675. The molecule has 2 heteroatoms. The lowest BCUT2D eigenvalue weighted by Gasteiger charge is -2.23. The Morgan fingerprint density at radius 3 is 1.96 bits per heavy atom. The molecule has 0 nitrogen and oxygen atoms in total. The lowest BCUT2D eigenvalue weighted by Crippen LogP contribution is -2.09. The summed E-state index contributed by atoms with van der Waals surface area (Å²) in [6.45, 7) is 2.07. The van der Waals surface area contributed by atoms with Crippen LogP contribution in [0.2, 0.25) is 0 Å². The number of rotatable bonds is 4. The molecule has 0 atom stereocenters. The summed E-state index contributed by atoms with van der Waals surface area (Å²) in [6, 6.07) is 20.1. The number of benzene rings is 3. The lowest BCUT2D eigenvalue weighted by molar-refractivity contribution is 0.415. The van der Waals surface area contributed by atoms with Crippen LogP contribution >= 0.6 is 0 Å². The Hall–Kier alpha value is -2.48. The maximum atomic E-state index is 14.7. The van der Waals surface area contributed by atoms with Crippen LogP contribution in [-0.4, -0.2) is 0 Å². The second-order valence-electron chi connectivity index (χ2n) is 8.02. The molecule has 1 fully saturated rings. The van der Waals surface area contributed by atoms with Crippen molar-refractivity contribution in [2.24, 2.45) is 0 Å². The van der Waals surface area contributed by atoms with E-state index in [1.165, 1.54) is 12.0 Å². The van der Waals surface area contributed by atoms with Gasteiger partial charge >= 0.3 is 0 Å². The smallest absolute Gasteiger partial charge is 0.162 e. The van der Waals surface area contributed by atoms with Crippen LogP contribution in [0.4, 0.5) is 8.78 Å². The zero-order valence-electron chi connectivity index (χ0n) is 16.3. The molecule has 3 aromatic carbocycles. The number of aryl methyl sites for hydroxylation is 1. The van der Waals surface area contributed by atoms with Crippen molar-refractivity contribution in [2.75, 3.05) is 0 Å². The summed E-state index contributed by atoms with van der Waals surface area (Å²) in [7, 11) is 0. The Morgan fingerprint density at radius 1 is 0.714 bits per heavy atom. The molecule has 0 bridgehead atoms. The SMILES string of the molecule is Cc1ccc(-c2ccc(Cc3ccc(C4CCCCC4)c(F)c3F)cc2)cc1. The summed E-state index contributed by atoms with van der Waals surface area (Å²) in [5.41, 5.74) is 5.50. The van der Waals surface area contributed by atoms with E-state index < -0.39 is 11.6 Å². The topological polar surface area (TPSA) is 0 Å². The predicted octanol–water partition coefficient (Wildman–Crippen LogP) is 7.58. The molecule has 0 aromatic heterocycles.